The molecule has 1 heterocycles. The van der Waals surface area contributed by atoms with Crippen molar-refractivity contribution in [3.05, 3.63) is 23.9 Å². The van der Waals surface area contributed by atoms with Gasteiger partial charge in [0.1, 0.15) is 11.4 Å². The largest absolute Gasteiger partial charge is 0.443 e. The number of anilines is 1. The minimum Gasteiger partial charge on any atom is -0.443 e. The number of aryl methyl sites for hydroxylation is 1. The second kappa shape index (κ2) is 5.81. The number of hydrogen-bond donors (Lipinski definition) is 0. The van der Waals surface area contributed by atoms with Crippen LogP contribution in [0.5, 0.6) is 0 Å². The van der Waals surface area contributed by atoms with Crippen molar-refractivity contribution in [3.63, 3.8) is 0 Å². The zero-order valence-corrected chi connectivity index (χ0v) is 12.8. The molecule has 0 atom stereocenters. The highest BCUT2D eigenvalue weighted by molar-refractivity contribution is 5.87. The van der Waals surface area contributed by atoms with Crippen LogP contribution in [0.2, 0.25) is 0 Å². The number of aromatic nitrogens is 1. The molecule has 1 aliphatic rings. The first-order valence-electron chi connectivity index (χ1n) is 7.32. The quantitative estimate of drug-likeness (QED) is 0.817. The zero-order valence-electron chi connectivity index (χ0n) is 12.8. The van der Waals surface area contributed by atoms with Crippen LogP contribution in [0.3, 0.4) is 0 Å². The van der Waals surface area contributed by atoms with E-state index in [4.69, 9.17) is 4.74 Å². The maximum atomic E-state index is 12.5. The van der Waals surface area contributed by atoms with Crippen LogP contribution in [-0.4, -0.2) is 22.7 Å². The molecule has 1 aromatic heterocycles. The molecule has 1 amide bonds. The molecule has 0 bridgehead atoms. The van der Waals surface area contributed by atoms with Crippen LogP contribution in [0.25, 0.3) is 0 Å². The number of rotatable bonds is 2. The van der Waals surface area contributed by atoms with E-state index in [2.05, 4.69) is 4.98 Å². The van der Waals surface area contributed by atoms with Gasteiger partial charge in [-0.2, -0.15) is 0 Å². The number of ether oxygens (including phenoxy) is 1. The molecule has 1 aliphatic carbocycles. The van der Waals surface area contributed by atoms with E-state index in [0.29, 0.717) is 5.82 Å². The lowest BCUT2D eigenvalue weighted by molar-refractivity contribution is 0.0564. The van der Waals surface area contributed by atoms with Gasteiger partial charge in [0.15, 0.2) is 0 Å². The number of pyridine rings is 1. The monoisotopic (exact) mass is 276 g/mol. The van der Waals surface area contributed by atoms with Crippen LogP contribution in [0, 0.1) is 6.92 Å². The first kappa shape index (κ1) is 14.8. The molecule has 0 N–H and O–H groups in total. The summed E-state index contributed by atoms with van der Waals surface area (Å²) < 4.78 is 5.55. The molecule has 1 fully saturated rings. The van der Waals surface area contributed by atoms with Crippen molar-refractivity contribution in [2.75, 3.05) is 4.90 Å². The fourth-order valence-corrected chi connectivity index (χ4v) is 2.56. The normalized spacial score (nSPS) is 16.2. The summed E-state index contributed by atoms with van der Waals surface area (Å²) in [4.78, 5) is 18.6. The van der Waals surface area contributed by atoms with Crippen LogP contribution in [0.4, 0.5) is 10.6 Å². The van der Waals surface area contributed by atoms with E-state index in [1.165, 1.54) is 0 Å². The van der Waals surface area contributed by atoms with E-state index >= 15 is 0 Å². The summed E-state index contributed by atoms with van der Waals surface area (Å²) in [6.07, 6.45) is 5.83. The summed E-state index contributed by atoms with van der Waals surface area (Å²) in [6.45, 7) is 7.68. The van der Waals surface area contributed by atoms with E-state index in [1.54, 1.807) is 11.1 Å². The lowest BCUT2D eigenvalue weighted by Crippen LogP contribution is -2.43. The standard InChI is InChI=1S/C16H24N2O2/c1-12-9-10-17-14(11-12)18(13-7-5-6-8-13)15(19)20-16(2,3)4/h9-11,13H,5-8H2,1-4H3. The predicted octanol–water partition coefficient (Wildman–Crippen LogP) is 4.07. The van der Waals surface area contributed by atoms with Gasteiger partial charge in [-0.15, -0.1) is 0 Å². The Kier molecular flexibility index (Phi) is 4.31. The second-order valence-electron chi connectivity index (χ2n) is 6.48. The Balaban J connectivity index is 2.27. The highest BCUT2D eigenvalue weighted by Gasteiger charge is 2.32. The van der Waals surface area contributed by atoms with Crippen molar-refractivity contribution in [1.82, 2.24) is 4.98 Å². The van der Waals surface area contributed by atoms with Gasteiger partial charge in [0.25, 0.3) is 0 Å². The summed E-state index contributed by atoms with van der Waals surface area (Å²) in [5, 5.41) is 0. The fraction of sp³-hybridized carbons (Fsp3) is 0.625. The third-order valence-electron chi connectivity index (χ3n) is 3.43. The van der Waals surface area contributed by atoms with Crippen LogP contribution in [0.1, 0.15) is 52.0 Å². The van der Waals surface area contributed by atoms with E-state index in [0.717, 1.165) is 31.2 Å². The van der Waals surface area contributed by atoms with Gasteiger partial charge in [0, 0.05) is 12.2 Å². The first-order chi connectivity index (χ1) is 9.37. The summed E-state index contributed by atoms with van der Waals surface area (Å²) in [7, 11) is 0. The van der Waals surface area contributed by atoms with Crippen molar-refractivity contribution in [3.8, 4) is 0 Å². The zero-order chi connectivity index (χ0) is 14.8. The maximum Gasteiger partial charge on any atom is 0.416 e. The number of carbonyl (C=O) groups excluding carboxylic acids is 1. The molecule has 0 spiro atoms. The summed E-state index contributed by atoms with van der Waals surface area (Å²) in [6, 6.07) is 4.09. The molecule has 20 heavy (non-hydrogen) atoms. The van der Waals surface area contributed by atoms with Gasteiger partial charge in [-0.05, 0) is 58.2 Å². The lowest BCUT2D eigenvalue weighted by atomic mass is 10.2. The highest BCUT2D eigenvalue weighted by Crippen LogP contribution is 2.29. The Morgan fingerprint density at radius 2 is 2.00 bits per heavy atom. The molecule has 4 nitrogen and oxygen atoms in total. The number of amides is 1. The van der Waals surface area contributed by atoms with Crippen molar-refractivity contribution in [2.45, 2.75) is 65.0 Å². The van der Waals surface area contributed by atoms with E-state index in [1.807, 2.05) is 39.8 Å². The van der Waals surface area contributed by atoms with Gasteiger partial charge in [-0.3, -0.25) is 4.90 Å². The summed E-state index contributed by atoms with van der Waals surface area (Å²) in [5.41, 5.74) is 0.610. The van der Waals surface area contributed by atoms with Crippen molar-refractivity contribution >= 4 is 11.9 Å². The molecule has 1 saturated carbocycles. The van der Waals surface area contributed by atoms with Crippen LogP contribution >= 0.6 is 0 Å². The molecule has 0 saturated heterocycles. The molecular formula is C16H24N2O2. The Labute approximate surface area is 121 Å². The number of carbonyl (C=O) groups is 1. The Morgan fingerprint density at radius 3 is 2.55 bits per heavy atom. The first-order valence-corrected chi connectivity index (χ1v) is 7.32. The topological polar surface area (TPSA) is 42.4 Å². The minimum absolute atomic E-state index is 0.208. The van der Waals surface area contributed by atoms with Crippen molar-refractivity contribution in [1.29, 1.82) is 0 Å². The lowest BCUT2D eigenvalue weighted by Gasteiger charge is -2.31. The average molecular weight is 276 g/mol. The molecule has 110 valence electrons. The highest BCUT2D eigenvalue weighted by atomic mass is 16.6. The van der Waals surface area contributed by atoms with Gasteiger partial charge in [-0.1, -0.05) is 12.8 Å². The summed E-state index contributed by atoms with van der Waals surface area (Å²) in [5.74, 6) is 0.700. The van der Waals surface area contributed by atoms with E-state index in [-0.39, 0.29) is 12.1 Å². The van der Waals surface area contributed by atoms with E-state index in [9.17, 15) is 4.79 Å². The predicted molar refractivity (Wildman–Crippen MR) is 79.9 cm³/mol. The third-order valence-corrected chi connectivity index (χ3v) is 3.43. The van der Waals surface area contributed by atoms with Crippen molar-refractivity contribution in [2.24, 2.45) is 0 Å². The number of nitrogens with zero attached hydrogens (tertiary/aromatic N) is 2. The van der Waals surface area contributed by atoms with Gasteiger partial charge < -0.3 is 4.74 Å². The molecule has 0 unspecified atom stereocenters. The van der Waals surface area contributed by atoms with Crippen LogP contribution < -0.4 is 4.90 Å². The van der Waals surface area contributed by atoms with Gasteiger partial charge in [0.05, 0.1) is 0 Å². The molecule has 0 radical (unpaired) electrons. The molecule has 4 heteroatoms. The fourth-order valence-electron chi connectivity index (χ4n) is 2.56. The van der Waals surface area contributed by atoms with E-state index < -0.39 is 5.60 Å². The molecule has 0 aliphatic heterocycles. The smallest absolute Gasteiger partial charge is 0.416 e. The molecule has 2 rings (SSSR count). The van der Waals surface area contributed by atoms with Gasteiger partial charge in [-0.25, -0.2) is 9.78 Å². The Bertz CT molecular complexity index is 474. The molecular weight excluding hydrogens is 252 g/mol. The molecule has 0 aromatic carbocycles. The Morgan fingerprint density at radius 1 is 1.35 bits per heavy atom. The summed E-state index contributed by atoms with van der Waals surface area (Å²) >= 11 is 0. The van der Waals surface area contributed by atoms with Crippen LogP contribution in [-0.2, 0) is 4.74 Å². The van der Waals surface area contributed by atoms with Gasteiger partial charge in [0.2, 0.25) is 0 Å². The average Bonchev–Trinajstić information content (AvgIpc) is 2.80. The number of hydrogen-bond acceptors (Lipinski definition) is 3. The molecule has 1 aromatic rings. The van der Waals surface area contributed by atoms with Gasteiger partial charge >= 0.3 is 6.09 Å². The SMILES string of the molecule is Cc1ccnc(N(C(=O)OC(C)(C)C)C2CCCC2)c1. The second-order valence-corrected chi connectivity index (χ2v) is 6.48. The Hall–Kier alpha value is -1.58. The van der Waals surface area contributed by atoms with Crippen molar-refractivity contribution < 1.29 is 9.53 Å². The third kappa shape index (κ3) is 3.71. The minimum atomic E-state index is -0.488. The maximum absolute atomic E-state index is 12.5. The van der Waals surface area contributed by atoms with Crippen LogP contribution in [0.15, 0.2) is 18.3 Å².